The molecular weight excluding hydrogens is 579 g/mol. The molecule has 1 saturated heterocycles. The van der Waals surface area contributed by atoms with Crippen molar-refractivity contribution < 1.29 is 19.1 Å². The zero-order valence-corrected chi connectivity index (χ0v) is 23.4. The molecule has 4 aromatic carbocycles. The van der Waals surface area contributed by atoms with Gasteiger partial charge in [-0.05, 0) is 70.5 Å². The minimum absolute atomic E-state index is 0.112. The Morgan fingerprint density at radius 2 is 1.69 bits per heavy atom. The monoisotopic (exact) mass is 596 g/mol. The van der Waals surface area contributed by atoms with Gasteiger partial charge in [-0.2, -0.15) is 0 Å². The molecule has 0 saturated carbocycles. The Bertz CT molecular complexity index is 1690. The predicted octanol–water partition coefficient (Wildman–Crippen LogP) is 7.22. The summed E-state index contributed by atoms with van der Waals surface area (Å²) in [6.07, 6.45) is 1.40. The van der Waals surface area contributed by atoms with Gasteiger partial charge in [0.25, 0.3) is 11.8 Å². The van der Waals surface area contributed by atoms with Crippen molar-refractivity contribution in [2.45, 2.75) is 6.61 Å². The molecule has 0 aliphatic carbocycles. The van der Waals surface area contributed by atoms with Crippen molar-refractivity contribution in [3.63, 3.8) is 0 Å². The third-order valence-electron chi connectivity index (χ3n) is 6.03. The van der Waals surface area contributed by atoms with Crippen molar-refractivity contribution in [2.75, 3.05) is 12.0 Å². The minimum Gasteiger partial charge on any atom is -0.493 e. The number of fused-ring (bicyclic) bond motifs is 1. The second-order valence-corrected chi connectivity index (χ2v) is 10.1. The van der Waals surface area contributed by atoms with E-state index in [2.05, 4.69) is 5.32 Å². The summed E-state index contributed by atoms with van der Waals surface area (Å²) < 4.78 is 11.5. The lowest BCUT2D eigenvalue weighted by Gasteiger charge is -2.29. The summed E-state index contributed by atoms with van der Waals surface area (Å²) >= 11 is 24.3. The van der Waals surface area contributed by atoms with E-state index in [1.165, 1.54) is 13.2 Å². The molecule has 0 bridgehead atoms. The molecule has 0 spiro atoms. The number of hydrogen-bond donors (Lipinski definition) is 1. The lowest BCUT2D eigenvalue weighted by atomic mass is 10.1. The molecule has 4 aromatic rings. The highest BCUT2D eigenvalue weighted by molar-refractivity contribution is 7.80. The summed E-state index contributed by atoms with van der Waals surface area (Å²) in [5.74, 6) is -0.655. The van der Waals surface area contributed by atoms with Gasteiger partial charge in [-0.25, -0.2) is 0 Å². The molecule has 2 amide bonds. The van der Waals surface area contributed by atoms with E-state index in [9.17, 15) is 9.59 Å². The Hall–Kier alpha value is -3.62. The molecule has 0 radical (unpaired) electrons. The lowest BCUT2D eigenvalue weighted by Crippen LogP contribution is -2.54. The zero-order valence-electron chi connectivity index (χ0n) is 20.3. The largest absolute Gasteiger partial charge is 0.493 e. The van der Waals surface area contributed by atoms with Crippen LogP contribution in [0.2, 0.25) is 15.1 Å². The summed E-state index contributed by atoms with van der Waals surface area (Å²) in [4.78, 5) is 27.3. The number of ether oxygens (including phenoxy) is 2. The number of rotatable bonds is 6. The number of amides is 2. The first-order valence-corrected chi connectivity index (χ1v) is 13.1. The zero-order chi connectivity index (χ0) is 27.7. The van der Waals surface area contributed by atoms with Gasteiger partial charge in [-0.1, -0.05) is 77.3 Å². The van der Waals surface area contributed by atoms with Gasteiger partial charge < -0.3 is 9.47 Å². The highest BCUT2D eigenvalue weighted by Gasteiger charge is 2.35. The number of methoxy groups -OCH3 is 1. The maximum Gasteiger partial charge on any atom is 0.270 e. The third-order valence-corrected chi connectivity index (χ3v) is 7.41. The molecular formula is C29H19Cl3N2O4S. The Morgan fingerprint density at radius 3 is 2.46 bits per heavy atom. The standard InChI is InChI=1S/C29H19Cl3N2O4S/c1-37-24-14-17(13-22(31)26(24)38-15-16-9-10-18-5-2-3-6-19(18)11-16)12-20-27(35)33-29(39)34(28(20)36)23-8-4-7-21(30)25(23)32/h2-14H,15H2,1H3,(H,33,35,39)/b20-12+. The summed E-state index contributed by atoms with van der Waals surface area (Å²) in [7, 11) is 1.48. The maximum atomic E-state index is 13.4. The molecule has 1 aliphatic heterocycles. The van der Waals surface area contributed by atoms with Crippen LogP contribution in [0.5, 0.6) is 11.5 Å². The van der Waals surface area contributed by atoms with Crippen LogP contribution < -0.4 is 19.7 Å². The van der Waals surface area contributed by atoms with E-state index in [1.807, 2.05) is 42.5 Å². The van der Waals surface area contributed by atoms with Gasteiger partial charge in [0.2, 0.25) is 0 Å². The molecule has 1 aliphatic rings. The van der Waals surface area contributed by atoms with Gasteiger partial charge in [0.1, 0.15) is 12.2 Å². The SMILES string of the molecule is COc1cc(/C=C2\C(=O)NC(=S)N(c3cccc(Cl)c3Cl)C2=O)cc(Cl)c1OCc1ccc2ccccc2c1. The number of benzene rings is 4. The number of nitrogens with one attached hydrogen (secondary N) is 1. The van der Waals surface area contributed by atoms with Crippen LogP contribution in [0, 0.1) is 0 Å². The Kier molecular flexibility index (Phi) is 7.77. The molecule has 0 aromatic heterocycles. The van der Waals surface area contributed by atoms with Crippen LogP contribution in [0.15, 0.2) is 78.4 Å². The van der Waals surface area contributed by atoms with Crippen LogP contribution >= 0.6 is 47.0 Å². The van der Waals surface area contributed by atoms with E-state index in [0.717, 1.165) is 21.2 Å². The Morgan fingerprint density at radius 1 is 0.923 bits per heavy atom. The molecule has 39 heavy (non-hydrogen) atoms. The van der Waals surface area contributed by atoms with Crippen molar-refractivity contribution in [2.24, 2.45) is 0 Å². The highest BCUT2D eigenvalue weighted by Crippen LogP contribution is 2.38. The maximum absolute atomic E-state index is 13.4. The number of nitrogens with zero attached hydrogens (tertiary/aromatic N) is 1. The molecule has 0 unspecified atom stereocenters. The molecule has 1 N–H and O–H groups in total. The average molecular weight is 598 g/mol. The van der Waals surface area contributed by atoms with E-state index in [0.29, 0.717) is 17.1 Å². The number of carbonyl (C=O) groups excluding carboxylic acids is 2. The Labute approximate surface area is 244 Å². The molecule has 5 rings (SSSR count). The van der Waals surface area contributed by atoms with E-state index in [-0.39, 0.29) is 38.0 Å². The van der Waals surface area contributed by atoms with Crippen LogP contribution in [0.4, 0.5) is 5.69 Å². The average Bonchev–Trinajstić information content (AvgIpc) is 2.92. The summed E-state index contributed by atoms with van der Waals surface area (Å²) in [5, 5.41) is 5.25. The van der Waals surface area contributed by atoms with Gasteiger partial charge >= 0.3 is 0 Å². The van der Waals surface area contributed by atoms with E-state index in [1.54, 1.807) is 30.3 Å². The lowest BCUT2D eigenvalue weighted by molar-refractivity contribution is -0.122. The van der Waals surface area contributed by atoms with Crippen LogP contribution in [0.3, 0.4) is 0 Å². The smallest absolute Gasteiger partial charge is 0.270 e. The quantitative estimate of drug-likeness (QED) is 0.144. The molecule has 10 heteroatoms. The summed E-state index contributed by atoms with van der Waals surface area (Å²) in [5.41, 5.74) is 1.47. The fourth-order valence-corrected chi connectivity index (χ4v) is 5.08. The van der Waals surface area contributed by atoms with Crippen LogP contribution in [0.1, 0.15) is 11.1 Å². The number of anilines is 1. The first kappa shape index (κ1) is 27.0. The second kappa shape index (κ2) is 11.2. The fraction of sp³-hybridized carbons (Fsp3) is 0.0690. The molecule has 1 heterocycles. The number of hydrogen-bond acceptors (Lipinski definition) is 5. The van der Waals surface area contributed by atoms with Crippen LogP contribution in [0.25, 0.3) is 16.8 Å². The molecule has 196 valence electrons. The Balaban J connectivity index is 1.44. The number of thiocarbonyl (C=S) groups is 1. The summed E-state index contributed by atoms with van der Waals surface area (Å²) in [6, 6.07) is 22.1. The summed E-state index contributed by atoms with van der Waals surface area (Å²) in [6.45, 7) is 0.259. The van der Waals surface area contributed by atoms with Crippen LogP contribution in [-0.4, -0.2) is 24.0 Å². The topological polar surface area (TPSA) is 67.9 Å². The second-order valence-electron chi connectivity index (χ2n) is 8.54. The minimum atomic E-state index is -0.667. The van der Waals surface area contributed by atoms with Gasteiger partial charge in [0, 0.05) is 0 Å². The normalized spacial score (nSPS) is 14.6. The molecule has 1 fully saturated rings. The number of halogens is 3. The van der Waals surface area contributed by atoms with Gasteiger partial charge in [0.05, 0.1) is 27.9 Å². The predicted molar refractivity (Wildman–Crippen MR) is 159 cm³/mol. The van der Waals surface area contributed by atoms with Crippen molar-refractivity contribution >= 4 is 86.5 Å². The van der Waals surface area contributed by atoms with Crippen molar-refractivity contribution in [3.05, 3.63) is 105 Å². The van der Waals surface area contributed by atoms with E-state index in [4.69, 9.17) is 56.5 Å². The fourth-order valence-electron chi connectivity index (χ4n) is 4.16. The highest BCUT2D eigenvalue weighted by atomic mass is 35.5. The first-order valence-electron chi connectivity index (χ1n) is 11.6. The first-order chi connectivity index (χ1) is 18.8. The number of carbonyl (C=O) groups is 2. The van der Waals surface area contributed by atoms with Crippen molar-refractivity contribution in [1.82, 2.24) is 5.32 Å². The van der Waals surface area contributed by atoms with Gasteiger partial charge in [-0.15, -0.1) is 0 Å². The van der Waals surface area contributed by atoms with Crippen LogP contribution in [-0.2, 0) is 16.2 Å². The van der Waals surface area contributed by atoms with Gasteiger partial charge in [-0.3, -0.25) is 19.8 Å². The third kappa shape index (κ3) is 5.44. The van der Waals surface area contributed by atoms with Crippen molar-refractivity contribution in [1.29, 1.82) is 0 Å². The molecule has 6 nitrogen and oxygen atoms in total. The van der Waals surface area contributed by atoms with E-state index < -0.39 is 11.8 Å². The van der Waals surface area contributed by atoms with Crippen molar-refractivity contribution in [3.8, 4) is 11.5 Å². The van der Waals surface area contributed by atoms with E-state index >= 15 is 0 Å². The van der Waals surface area contributed by atoms with Gasteiger partial charge in [0.15, 0.2) is 16.6 Å². The molecule has 0 atom stereocenters.